The lowest BCUT2D eigenvalue weighted by molar-refractivity contribution is -0.122. The molecule has 16 heavy (non-hydrogen) atoms. The van der Waals surface area contributed by atoms with Crippen LogP contribution in [0, 0.1) is 0 Å². The van der Waals surface area contributed by atoms with Crippen LogP contribution in [0.1, 0.15) is 13.8 Å². The van der Waals surface area contributed by atoms with E-state index < -0.39 is 6.04 Å². The van der Waals surface area contributed by atoms with Crippen LogP contribution in [0.4, 0.5) is 4.79 Å². The molecule has 0 rings (SSSR count). The van der Waals surface area contributed by atoms with Crippen molar-refractivity contribution in [3.05, 3.63) is 0 Å². The third-order valence-corrected chi connectivity index (χ3v) is 2.16. The molecule has 1 unspecified atom stereocenters. The number of urea groups is 1. The van der Waals surface area contributed by atoms with Crippen LogP contribution < -0.4 is 10.6 Å². The molecule has 6 nitrogen and oxygen atoms in total. The number of nitrogens with zero attached hydrogens (tertiary/aromatic N) is 1. The van der Waals surface area contributed by atoms with Crippen molar-refractivity contribution in [3.8, 4) is 0 Å². The van der Waals surface area contributed by atoms with Crippen molar-refractivity contribution in [1.82, 2.24) is 15.5 Å². The van der Waals surface area contributed by atoms with E-state index in [1.54, 1.807) is 21.1 Å². The minimum absolute atomic E-state index is 0.213. The Labute approximate surface area is 96.3 Å². The van der Waals surface area contributed by atoms with Crippen LogP contribution in [0.25, 0.3) is 0 Å². The molecule has 0 saturated carbocycles. The normalized spacial score (nSPS) is 11.8. The molecular weight excluding hydrogens is 210 g/mol. The Balaban J connectivity index is 3.91. The molecule has 0 bridgehead atoms. The van der Waals surface area contributed by atoms with Gasteiger partial charge in [-0.1, -0.05) is 0 Å². The average molecular weight is 231 g/mol. The maximum Gasteiger partial charge on any atom is 0.317 e. The van der Waals surface area contributed by atoms with Gasteiger partial charge in [-0.2, -0.15) is 0 Å². The van der Waals surface area contributed by atoms with Crippen LogP contribution in [0.5, 0.6) is 0 Å². The fourth-order valence-electron chi connectivity index (χ4n) is 0.934. The predicted molar refractivity (Wildman–Crippen MR) is 61.2 cm³/mol. The van der Waals surface area contributed by atoms with E-state index in [0.717, 1.165) is 0 Å². The second kappa shape index (κ2) is 7.92. The molecule has 3 amide bonds. The van der Waals surface area contributed by atoms with Crippen LogP contribution in [-0.4, -0.2) is 56.7 Å². The Bertz CT molecular complexity index is 233. The molecule has 0 saturated heterocycles. The van der Waals surface area contributed by atoms with Crippen molar-refractivity contribution in [1.29, 1.82) is 0 Å². The van der Waals surface area contributed by atoms with Gasteiger partial charge in [0.05, 0.1) is 6.61 Å². The second-order valence-corrected chi connectivity index (χ2v) is 3.47. The number of ether oxygens (including phenoxy) is 1. The SMILES string of the molecule is CCN(C)C(=O)NC(C)C(=O)NCCOC. The average Bonchev–Trinajstić information content (AvgIpc) is 2.27. The summed E-state index contributed by atoms with van der Waals surface area (Å²) in [6.07, 6.45) is 0. The van der Waals surface area contributed by atoms with E-state index in [-0.39, 0.29) is 11.9 Å². The molecule has 94 valence electrons. The van der Waals surface area contributed by atoms with Crippen LogP contribution in [0.3, 0.4) is 0 Å². The maximum atomic E-state index is 11.5. The number of amides is 3. The van der Waals surface area contributed by atoms with E-state index >= 15 is 0 Å². The van der Waals surface area contributed by atoms with E-state index in [0.29, 0.717) is 19.7 Å². The van der Waals surface area contributed by atoms with Crippen molar-refractivity contribution in [2.75, 3.05) is 33.9 Å². The summed E-state index contributed by atoms with van der Waals surface area (Å²) in [4.78, 5) is 24.4. The molecule has 1 atom stereocenters. The summed E-state index contributed by atoms with van der Waals surface area (Å²) in [5.41, 5.74) is 0. The van der Waals surface area contributed by atoms with Crippen molar-refractivity contribution >= 4 is 11.9 Å². The first-order valence-electron chi connectivity index (χ1n) is 5.31. The first-order chi connectivity index (χ1) is 7.52. The summed E-state index contributed by atoms with van der Waals surface area (Å²) in [5.74, 6) is -0.213. The highest BCUT2D eigenvalue weighted by Crippen LogP contribution is 1.87. The number of rotatable bonds is 6. The van der Waals surface area contributed by atoms with Crippen LogP contribution in [-0.2, 0) is 9.53 Å². The molecule has 0 aliphatic heterocycles. The fraction of sp³-hybridized carbons (Fsp3) is 0.800. The van der Waals surface area contributed by atoms with E-state index in [1.165, 1.54) is 4.90 Å². The van der Waals surface area contributed by atoms with Gasteiger partial charge in [0.2, 0.25) is 5.91 Å². The Hall–Kier alpha value is -1.30. The number of methoxy groups -OCH3 is 1. The molecule has 0 spiro atoms. The molecule has 0 aromatic heterocycles. The van der Waals surface area contributed by atoms with E-state index in [1.807, 2.05) is 6.92 Å². The third kappa shape index (κ3) is 5.55. The summed E-state index contributed by atoms with van der Waals surface area (Å²) in [7, 11) is 3.23. The van der Waals surface area contributed by atoms with Crippen molar-refractivity contribution in [2.24, 2.45) is 0 Å². The number of hydrogen-bond acceptors (Lipinski definition) is 3. The van der Waals surface area contributed by atoms with Crippen LogP contribution >= 0.6 is 0 Å². The summed E-state index contributed by atoms with van der Waals surface area (Å²) in [6, 6.07) is -0.796. The van der Waals surface area contributed by atoms with E-state index in [2.05, 4.69) is 10.6 Å². The molecular formula is C10H21N3O3. The quantitative estimate of drug-likeness (QED) is 0.622. The fourth-order valence-corrected chi connectivity index (χ4v) is 0.934. The summed E-state index contributed by atoms with van der Waals surface area (Å²) < 4.78 is 4.80. The van der Waals surface area contributed by atoms with Crippen molar-refractivity contribution in [3.63, 3.8) is 0 Å². The van der Waals surface area contributed by atoms with Gasteiger partial charge in [0, 0.05) is 27.2 Å². The van der Waals surface area contributed by atoms with Gasteiger partial charge < -0.3 is 20.3 Å². The number of hydrogen-bond donors (Lipinski definition) is 2. The minimum atomic E-state index is -0.543. The third-order valence-electron chi connectivity index (χ3n) is 2.16. The number of nitrogens with one attached hydrogen (secondary N) is 2. The molecule has 0 aromatic carbocycles. The molecule has 2 N–H and O–H groups in total. The lowest BCUT2D eigenvalue weighted by Crippen LogP contribution is -2.49. The van der Waals surface area contributed by atoms with Gasteiger partial charge in [0.15, 0.2) is 0 Å². The summed E-state index contributed by atoms with van der Waals surface area (Å²) in [5, 5.41) is 5.24. The van der Waals surface area contributed by atoms with Gasteiger partial charge in [-0.25, -0.2) is 4.79 Å². The Kier molecular flexibility index (Phi) is 7.28. The number of carbonyl (C=O) groups excluding carboxylic acids is 2. The highest BCUT2D eigenvalue weighted by Gasteiger charge is 2.16. The molecule has 0 fully saturated rings. The van der Waals surface area contributed by atoms with Gasteiger partial charge >= 0.3 is 6.03 Å². The lowest BCUT2D eigenvalue weighted by Gasteiger charge is -2.19. The van der Waals surface area contributed by atoms with Gasteiger partial charge in [-0.3, -0.25) is 4.79 Å². The smallest absolute Gasteiger partial charge is 0.317 e. The molecule has 6 heteroatoms. The predicted octanol–water partition coefficient (Wildman–Crippen LogP) is -0.201. The highest BCUT2D eigenvalue weighted by molar-refractivity contribution is 5.86. The minimum Gasteiger partial charge on any atom is -0.383 e. The lowest BCUT2D eigenvalue weighted by atomic mass is 10.3. The summed E-state index contributed by atoms with van der Waals surface area (Å²) in [6.45, 7) is 5.01. The monoisotopic (exact) mass is 231 g/mol. The van der Waals surface area contributed by atoms with Crippen molar-refractivity contribution < 1.29 is 14.3 Å². The first-order valence-corrected chi connectivity index (χ1v) is 5.31. The van der Waals surface area contributed by atoms with Gasteiger partial charge in [0.25, 0.3) is 0 Å². The molecule has 0 aliphatic carbocycles. The van der Waals surface area contributed by atoms with Crippen molar-refractivity contribution in [2.45, 2.75) is 19.9 Å². The van der Waals surface area contributed by atoms with E-state index in [4.69, 9.17) is 4.74 Å². The molecule has 0 aliphatic rings. The Morgan fingerprint density at radius 2 is 2.06 bits per heavy atom. The first kappa shape index (κ1) is 14.7. The van der Waals surface area contributed by atoms with Gasteiger partial charge in [-0.05, 0) is 13.8 Å². The zero-order chi connectivity index (χ0) is 12.6. The standard InChI is InChI=1S/C10H21N3O3/c1-5-13(3)10(15)12-8(2)9(14)11-6-7-16-4/h8H,5-7H2,1-4H3,(H,11,14)(H,12,15). The topological polar surface area (TPSA) is 70.7 Å². The number of carbonyl (C=O) groups is 2. The Morgan fingerprint density at radius 1 is 1.44 bits per heavy atom. The largest absolute Gasteiger partial charge is 0.383 e. The molecule has 0 aromatic rings. The van der Waals surface area contributed by atoms with Gasteiger partial charge in [0.1, 0.15) is 6.04 Å². The zero-order valence-electron chi connectivity index (χ0n) is 10.4. The maximum absolute atomic E-state index is 11.5. The van der Waals surface area contributed by atoms with Crippen LogP contribution in [0.2, 0.25) is 0 Å². The van der Waals surface area contributed by atoms with Crippen LogP contribution in [0.15, 0.2) is 0 Å². The highest BCUT2D eigenvalue weighted by atomic mass is 16.5. The summed E-state index contributed by atoms with van der Waals surface area (Å²) >= 11 is 0. The Morgan fingerprint density at radius 3 is 2.56 bits per heavy atom. The van der Waals surface area contributed by atoms with E-state index in [9.17, 15) is 9.59 Å². The molecule has 0 radical (unpaired) electrons. The second-order valence-electron chi connectivity index (χ2n) is 3.47. The van der Waals surface area contributed by atoms with Gasteiger partial charge in [-0.15, -0.1) is 0 Å². The molecule has 0 heterocycles. The zero-order valence-corrected chi connectivity index (χ0v) is 10.4.